The maximum atomic E-state index is 10.9. The van der Waals surface area contributed by atoms with E-state index < -0.39 is 18.2 Å². The lowest BCUT2D eigenvalue weighted by Gasteiger charge is -2.13. The van der Waals surface area contributed by atoms with E-state index in [1.165, 1.54) is 11.3 Å². The van der Waals surface area contributed by atoms with Gasteiger partial charge >= 0.3 is 5.97 Å². The minimum absolute atomic E-state index is 0.533. The molecule has 78 valence electrons. The fourth-order valence-electron chi connectivity index (χ4n) is 1.05. The smallest absolute Gasteiger partial charge is 0.337 e. The van der Waals surface area contributed by atoms with Gasteiger partial charge in [-0.05, 0) is 23.9 Å². The number of aliphatic hydroxyl groups excluding tert-OH is 2. The Labute approximate surface area is 85.8 Å². The van der Waals surface area contributed by atoms with E-state index in [1.807, 2.05) is 6.92 Å². The molecule has 2 atom stereocenters. The van der Waals surface area contributed by atoms with Crippen molar-refractivity contribution in [2.45, 2.75) is 19.1 Å². The molecule has 14 heavy (non-hydrogen) atoms. The molecule has 1 aromatic rings. The monoisotopic (exact) mass is 216 g/mol. The van der Waals surface area contributed by atoms with Crippen molar-refractivity contribution in [3.63, 3.8) is 0 Å². The highest BCUT2D eigenvalue weighted by atomic mass is 32.1. The molecule has 0 saturated carbocycles. The number of hydrogen-bond acceptors (Lipinski definition) is 5. The SMILES string of the molecule is COC(=O)C(O)C(O)c1csc(C)c1. The molecule has 0 amide bonds. The molecule has 0 bridgehead atoms. The van der Waals surface area contributed by atoms with Gasteiger partial charge in [0, 0.05) is 4.88 Å². The fourth-order valence-corrected chi connectivity index (χ4v) is 1.78. The number of aryl methyl sites for hydroxylation is 1. The summed E-state index contributed by atoms with van der Waals surface area (Å²) in [5, 5.41) is 20.6. The summed E-state index contributed by atoms with van der Waals surface area (Å²) in [6.45, 7) is 1.88. The molecule has 1 aromatic heterocycles. The Morgan fingerprint density at radius 3 is 2.64 bits per heavy atom. The summed E-state index contributed by atoms with van der Waals surface area (Å²) < 4.78 is 4.32. The second kappa shape index (κ2) is 4.54. The second-order valence-corrected chi connectivity index (χ2v) is 4.02. The highest BCUT2D eigenvalue weighted by Crippen LogP contribution is 2.23. The highest BCUT2D eigenvalue weighted by Gasteiger charge is 2.26. The molecule has 1 rings (SSSR count). The number of ether oxygens (including phenoxy) is 1. The Kier molecular flexibility index (Phi) is 3.62. The van der Waals surface area contributed by atoms with E-state index in [2.05, 4.69) is 4.74 Å². The number of hydrogen-bond donors (Lipinski definition) is 2. The van der Waals surface area contributed by atoms with E-state index >= 15 is 0 Å². The van der Waals surface area contributed by atoms with Crippen LogP contribution in [-0.2, 0) is 9.53 Å². The molecule has 0 aliphatic heterocycles. The third-order valence-electron chi connectivity index (χ3n) is 1.83. The number of aliphatic hydroxyl groups is 2. The summed E-state index contributed by atoms with van der Waals surface area (Å²) in [4.78, 5) is 11.9. The van der Waals surface area contributed by atoms with Gasteiger partial charge in [-0.1, -0.05) is 0 Å². The first-order chi connectivity index (χ1) is 6.56. The molecule has 0 spiro atoms. The lowest BCUT2D eigenvalue weighted by Crippen LogP contribution is -2.28. The summed E-state index contributed by atoms with van der Waals surface area (Å²) in [6, 6.07) is 1.72. The van der Waals surface area contributed by atoms with Crippen LogP contribution in [0.4, 0.5) is 0 Å². The maximum Gasteiger partial charge on any atom is 0.337 e. The predicted molar refractivity (Wildman–Crippen MR) is 52.0 cm³/mol. The van der Waals surface area contributed by atoms with E-state index in [0.29, 0.717) is 5.56 Å². The predicted octanol–water partition coefficient (Wildman–Crippen LogP) is 0.624. The third kappa shape index (κ3) is 2.31. The average Bonchev–Trinajstić information content (AvgIpc) is 2.61. The zero-order valence-electron chi connectivity index (χ0n) is 7.93. The zero-order chi connectivity index (χ0) is 10.7. The van der Waals surface area contributed by atoms with Crippen molar-refractivity contribution in [1.82, 2.24) is 0 Å². The Balaban J connectivity index is 2.74. The Morgan fingerprint density at radius 2 is 2.21 bits per heavy atom. The van der Waals surface area contributed by atoms with E-state index in [-0.39, 0.29) is 0 Å². The molecule has 0 radical (unpaired) electrons. The normalized spacial score (nSPS) is 14.9. The lowest BCUT2D eigenvalue weighted by atomic mass is 10.1. The standard InChI is InChI=1S/C9H12O4S/c1-5-3-6(4-14-5)7(10)8(11)9(12)13-2/h3-4,7-8,10-11H,1-2H3. The molecule has 4 nitrogen and oxygen atoms in total. The minimum atomic E-state index is -1.52. The Hall–Kier alpha value is -0.910. The van der Waals surface area contributed by atoms with Crippen LogP contribution < -0.4 is 0 Å². The van der Waals surface area contributed by atoms with Gasteiger partial charge in [0.15, 0.2) is 6.10 Å². The van der Waals surface area contributed by atoms with Crippen LogP contribution in [0.2, 0.25) is 0 Å². The summed E-state index contributed by atoms with van der Waals surface area (Å²) in [5.41, 5.74) is 0.533. The van der Waals surface area contributed by atoms with Crippen LogP contribution in [-0.4, -0.2) is 29.4 Å². The topological polar surface area (TPSA) is 66.8 Å². The van der Waals surface area contributed by atoms with Gasteiger partial charge in [0.2, 0.25) is 0 Å². The van der Waals surface area contributed by atoms with Gasteiger partial charge < -0.3 is 14.9 Å². The average molecular weight is 216 g/mol. The first-order valence-electron chi connectivity index (χ1n) is 4.05. The van der Waals surface area contributed by atoms with Gasteiger partial charge in [0.25, 0.3) is 0 Å². The number of methoxy groups -OCH3 is 1. The molecule has 2 unspecified atom stereocenters. The first kappa shape index (κ1) is 11.2. The van der Waals surface area contributed by atoms with Crippen LogP contribution >= 0.6 is 11.3 Å². The molecule has 1 heterocycles. The van der Waals surface area contributed by atoms with Crippen LogP contribution in [0.3, 0.4) is 0 Å². The van der Waals surface area contributed by atoms with E-state index in [9.17, 15) is 15.0 Å². The number of thiophene rings is 1. The molecule has 0 aliphatic carbocycles. The maximum absolute atomic E-state index is 10.9. The molecule has 2 N–H and O–H groups in total. The molecule has 0 aromatic carbocycles. The molecule has 0 fully saturated rings. The third-order valence-corrected chi connectivity index (χ3v) is 2.71. The summed E-state index contributed by atoms with van der Waals surface area (Å²) in [6.07, 6.45) is -2.73. The van der Waals surface area contributed by atoms with Gasteiger partial charge in [-0.3, -0.25) is 0 Å². The van der Waals surface area contributed by atoms with Crippen molar-refractivity contribution in [3.05, 3.63) is 21.9 Å². The van der Waals surface area contributed by atoms with Gasteiger partial charge in [-0.15, -0.1) is 11.3 Å². The quantitative estimate of drug-likeness (QED) is 0.727. The molecule has 0 saturated heterocycles. The molecule has 0 aliphatic rings. The van der Waals surface area contributed by atoms with Crippen molar-refractivity contribution in [3.8, 4) is 0 Å². The summed E-state index contributed by atoms with van der Waals surface area (Å²) >= 11 is 1.45. The van der Waals surface area contributed by atoms with Gasteiger partial charge in [-0.2, -0.15) is 0 Å². The van der Waals surface area contributed by atoms with Gasteiger partial charge in [0.05, 0.1) is 7.11 Å². The van der Waals surface area contributed by atoms with Gasteiger partial charge in [0.1, 0.15) is 6.10 Å². The highest BCUT2D eigenvalue weighted by molar-refractivity contribution is 7.10. The second-order valence-electron chi connectivity index (χ2n) is 2.90. The fraction of sp³-hybridized carbons (Fsp3) is 0.444. The zero-order valence-corrected chi connectivity index (χ0v) is 8.75. The van der Waals surface area contributed by atoms with Crippen molar-refractivity contribution < 1.29 is 19.7 Å². The number of carbonyl (C=O) groups is 1. The number of esters is 1. The minimum Gasteiger partial charge on any atom is -0.467 e. The lowest BCUT2D eigenvalue weighted by molar-refractivity contribution is -0.156. The van der Waals surface area contributed by atoms with Crippen molar-refractivity contribution >= 4 is 17.3 Å². The summed E-state index contributed by atoms with van der Waals surface area (Å²) in [7, 11) is 1.16. The van der Waals surface area contributed by atoms with E-state index in [1.54, 1.807) is 11.4 Å². The van der Waals surface area contributed by atoms with Crippen LogP contribution in [0.15, 0.2) is 11.4 Å². The van der Waals surface area contributed by atoms with Crippen molar-refractivity contribution in [2.75, 3.05) is 7.11 Å². The van der Waals surface area contributed by atoms with Crippen LogP contribution in [0.5, 0.6) is 0 Å². The first-order valence-corrected chi connectivity index (χ1v) is 4.93. The number of rotatable bonds is 3. The Morgan fingerprint density at radius 1 is 1.57 bits per heavy atom. The van der Waals surface area contributed by atoms with Crippen LogP contribution in [0, 0.1) is 6.92 Å². The van der Waals surface area contributed by atoms with Crippen molar-refractivity contribution in [2.24, 2.45) is 0 Å². The molecular weight excluding hydrogens is 204 g/mol. The van der Waals surface area contributed by atoms with E-state index in [4.69, 9.17) is 0 Å². The van der Waals surface area contributed by atoms with E-state index in [0.717, 1.165) is 12.0 Å². The molecular formula is C9H12O4S. The van der Waals surface area contributed by atoms with Gasteiger partial charge in [-0.25, -0.2) is 4.79 Å². The Bertz CT molecular complexity index is 320. The number of carbonyl (C=O) groups excluding carboxylic acids is 1. The molecule has 5 heteroatoms. The van der Waals surface area contributed by atoms with Crippen molar-refractivity contribution in [1.29, 1.82) is 0 Å². The summed E-state index contributed by atoms with van der Waals surface area (Å²) in [5.74, 6) is -0.832. The van der Waals surface area contributed by atoms with Crippen LogP contribution in [0.25, 0.3) is 0 Å². The van der Waals surface area contributed by atoms with Crippen LogP contribution in [0.1, 0.15) is 16.5 Å². The largest absolute Gasteiger partial charge is 0.467 e.